The van der Waals surface area contributed by atoms with Gasteiger partial charge in [0.05, 0.1) is 12.6 Å². The number of likely N-dealkylation sites (N-methyl/N-ethyl adjacent to an activating group) is 1. The Hall–Kier alpha value is -2.74. The topological polar surface area (TPSA) is 55.8 Å². The molecule has 1 unspecified atom stereocenters. The molecule has 0 amide bonds. The van der Waals surface area contributed by atoms with E-state index in [1.54, 1.807) is 19.0 Å². The molecule has 1 aliphatic rings. The van der Waals surface area contributed by atoms with Crippen molar-refractivity contribution >= 4 is 11.8 Å². The van der Waals surface area contributed by atoms with Gasteiger partial charge in [0.15, 0.2) is 5.96 Å². The largest absolute Gasteiger partial charge is 0.357 e. The SMILES string of the molecule is CCNC(=NCC(c1c(F)cccc1F)N(C)C)NC1CCN(c2ccccn2)CC1. The lowest BCUT2D eigenvalue weighted by atomic mass is 10.0. The molecule has 0 aliphatic carbocycles. The fourth-order valence-corrected chi connectivity index (χ4v) is 3.83. The number of piperidine rings is 1. The molecule has 1 atom stereocenters. The Morgan fingerprint density at radius 1 is 1.16 bits per heavy atom. The predicted octanol–water partition coefficient (Wildman–Crippen LogP) is 3.19. The molecule has 3 rings (SSSR count). The van der Waals surface area contributed by atoms with E-state index in [0.29, 0.717) is 12.5 Å². The molecular formula is C23H32F2N6. The van der Waals surface area contributed by atoms with E-state index in [4.69, 9.17) is 0 Å². The van der Waals surface area contributed by atoms with E-state index in [0.717, 1.165) is 31.7 Å². The Bertz CT molecular complexity index is 830. The van der Waals surface area contributed by atoms with Crippen molar-refractivity contribution in [3.05, 3.63) is 59.8 Å². The van der Waals surface area contributed by atoms with E-state index < -0.39 is 17.7 Å². The number of pyridine rings is 1. The van der Waals surface area contributed by atoms with Crippen molar-refractivity contribution in [3.63, 3.8) is 0 Å². The molecule has 0 bridgehead atoms. The van der Waals surface area contributed by atoms with Crippen molar-refractivity contribution in [1.29, 1.82) is 0 Å². The molecule has 6 nitrogen and oxygen atoms in total. The third-order valence-corrected chi connectivity index (χ3v) is 5.53. The zero-order valence-electron chi connectivity index (χ0n) is 18.5. The van der Waals surface area contributed by atoms with Gasteiger partial charge in [-0.15, -0.1) is 0 Å². The molecule has 0 saturated carbocycles. The van der Waals surface area contributed by atoms with Crippen molar-refractivity contribution in [2.75, 3.05) is 45.2 Å². The quantitative estimate of drug-likeness (QED) is 0.522. The maximum Gasteiger partial charge on any atom is 0.191 e. The van der Waals surface area contributed by atoms with Gasteiger partial charge in [0, 0.05) is 37.4 Å². The van der Waals surface area contributed by atoms with E-state index in [1.165, 1.54) is 18.2 Å². The summed E-state index contributed by atoms with van der Waals surface area (Å²) in [6.45, 7) is 4.77. The van der Waals surface area contributed by atoms with Crippen LogP contribution in [0.4, 0.5) is 14.6 Å². The molecule has 1 aromatic carbocycles. The zero-order valence-corrected chi connectivity index (χ0v) is 18.5. The number of hydrogen-bond donors (Lipinski definition) is 2. The van der Waals surface area contributed by atoms with Crippen LogP contribution in [0.2, 0.25) is 0 Å². The summed E-state index contributed by atoms with van der Waals surface area (Å²) in [5.74, 6) is 0.576. The molecule has 2 heterocycles. The van der Waals surface area contributed by atoms with Crippen LogP contribution in [0.3, 0.4) is 0 Å². The Kier molecular flexibility index (Phi) is 8.17. The van der Waals surface area contributed by atoms with Crippen LogP contribution in [0.25, 0.3) is 0 Å². The van der Waals surface area contributed by atoms with Crippen LogP contribution in [-0.2, 0) is 0 Å². The number of aliphatic imine (C=N–C) groups is 1. The monoisotopic (exact) mass is 430 g/mol. The highest BCUT2D eigenvalue weighted by atomic mass is 19.1. The first kappa shape index (κ1) is 22.9. The van der Waals surface area contributed by atoms with Crippen molar-refractivity contribution < 1.29 is 8.78 Å². The molecule has 0 spiro atoms. The predicted molar refractivity (Wildman–Crippen MR) is 121 cm³/mol. The van der Waals surface area contributed by atoms with Crippen molar-refractivity contribution in [3.8, 4) is 0 Å². The molecule has 1 fully saturated rings. The molecule has 2 N–H and O–H groups in total. The standard InChI is InChI=1S/C23H32F2N6/c1-4-26-23(28-16-20(30(2)3)22-18(24)8-7-9-19(22)25)29-17-11-14-31(15-12-17)21-10-5-6-13-27-21/h5-10,13,17,20H,4,11-12,14-16H2,1-3H3,(H2,26,28,29). The van der Waals surface area contributed by atoms with Gasteiger partial charge in [0.2, 0.25) is 0 Å². The van der Waals surface area contributed by atoms with Gasteiger partial charge in [-0.05, 0) is 58.1 Å². The van der Waals surface area contributed by atoms with Gasteiger partial charge in [0.1, 0.15) is 17.5 Å². The van der Waals surface area contributed by atoms with Gasteiger partial charge in [-0.3, -0.25) is 4.99 Å². The van der Waals surface area contributed by atoms with Crippen LogP contribution in [0.1, 0.15) is 31.4 Å². The normalized spacial score (nSPS) is 16.5. The van der Waals surface area contributed by atoms with Crippen LogP contribution in [-0.4, -0.2) is 62.2 Å². The molecular weight excluding hydrogens is 398 g/mol. The van der Waals surface area contributed by atoms with Crippen molar-refractivity contribution in [2.45, 2.75) is 31.8 Å². The number of nitrogens with zero attached hydrogens (tertiary/aromatic N) is 4. The molecule has 1 aliphatic heterocycles. The van der Waals surface area contributed by atoms with Gasteiger partial charge in [-0.25, -0.2) is 13.8 Å². The molecule has 8 heteroatoms. The average Bonchev–Trinajstić information content (AvgIpc) is 2.76. The zero-order chi connectivity index (χ0) is 22.2. The second kappa shape index (κ2) is 11.0. The summed E-state index contributed by atoms with van der Waals surface area (Å²) in [5.41, 5.74) is 0.0516. The summed E-state index contributed by atoms with van der Waals surface area (Å²) in [6, 6.07) is 9.70. The second-order valence-electron chi connectivity index (χ2n) is 7.93. The van der Waals surface area contributed by atoms with Crippen LogP contribution < -0.4 is 15.5 Å². The van der Waals surface area contributed by atoms with E-state index in [2.05, 4.69) is 25.5 Å². The third-order valence-electron chi connectivity index (χ3n) is 5.53. The highest BCUT2D eigenvalue weighted by Gasteiger charge is 2.23. The van der Waals surface area contributed by atoms with Gasteiger partial charge < -0.3 is 20.4 Å². The maximum absolute atomic E-state index is 14.3. The van der Waals surface area contributed by atoms with E-state index in [-0.39, 0.29) is 18.2 Å². The summed E-state index contributed by atoms with van der Waals surface area (Å²) in [4.78, 5) is 13.2. The van der Waals surface area contributed by atoms with Gasteiger partial charge in [-0.2, -0.15) is 0 Å². The lowest BCUT2D eigenvalue weighted by molar-refractivity contribution is 0.290. The first-order chi connectivity index (χ1) is 15.0. The van der Waals surface area contributed by atoms with Crippen LogP contribution >= 0.6 is 0 Å². The Balaban J connectivity index is 1.64. The number of halogens is 2. The first-order valence-electron chi connectivity index (χ1n) is 10.8. The summed E-state index contributed by atoms with van der Waals surface area (Å²) in [7, 11) is 3.61. The van der Waals surface area contributed by atoms with Gasteiger partial charge >= 0.3 is 0 Å². The van der Waals surface area contributed by atoms with E-state index >= 15 is 0 Å². The molecule has 31 heavy (non-hydrogen) atoms. The summed E-state index contributed by atoms with van der Waals surface area (Å²) >= 11 is 0. The van der Waals surface area contributed by atoms with Crippen LogP contribution in [0.15, 0.2) is 47.6 Å². The number of anilines is 1. The Morgan fingerprint density at radius 3 is 2.45 bits per heavy atom. The third kappa shape index (κ3) is 6.13. The highest BCUT2D eigenvalue weighted by molar-refractivity contribution is 5.80. The lowest BCUT2D eigenvalue weighted by Gasteiger charge is -2.34. The smallest absolute Gasteiger partial charge is 0.191 e. The van der Waals surface area contributed by atoms with Crippen LogP contribution in [0, 0.1) is 11.6 Å². The van der Waals surface area contributed by atoms with Crippen molar-refractivity contribution in [2.24, 2.45) is 4.99 Å². The molecule has 1 aromatic heterocycles. The lowest BCUT2D eigenvalue weighted by Crippen LogP contribution is -2.49. The summed E-state index contributed by atoms with van der Waals surface area (Å²) < 4.78 is 28.7. The number of rotatable bonds is 7. The minimum atomic E-state index is -0.547. The highest BCUT2D eigenvalue weighted by Crippen LogP contribution is 2.25. The fourth-order valence-electron chi connectivity index (χ4n) is 3.83. The van der Waals surface area contributed by atoms with E-state index in [1.807, 2.05) is 31.3 Å². The second-order valence-corrected chi connectivity index (χ2v) is 7.93. The number of nitrogens with one attached hydrogen (secondary N) is 2. The fraction of sp³-hybridized carbons (Fsp3) is 0.478. The number of hydrogen-bond acceptors (Lipinski definition) is 4. The molecule has 0 radical (unpaired) electrons. The van der Waals surface area contributed by atoms with Crippen molar-refractivity contribution in [1.82, 2.24) is 20.5 Å². The van der Waals surface area contributed by atoms with E-state index in [9.17, 15) is 8.78 Å². The molecule has 1 saturated heterocycles. The maximum atomic E-state index is 14.3. The Labute approximate surface area is 183 Å². The Morgan fingerprint density at radius 2 is 1.87 bits per heavy atom. The molecule has 2 aromatic rings. The first-order valence-corrected chi connectivity index (χ1v) is 10.8. The van der Waals surface area contributed by atoms with Crippen LogP contribution in [0.5, 0.6) is 0 Å². The number of aromatic nitrogens is 1. The molecule has 168 valence electrons. The summed E-state index contributed by atoms with van der Waals surface area (Å²) in [5, 5.41) is 6.74. The minimum absolute atomic E-state index is 0.0516. The van der Waals surface area contributed by atoms with Gasteiger partial charge in [0.25, 0.3) is 0 Å². The minimum Gasteiger partial charge on any atom is -0.357 e. The average molecular weight is 431 g/mol. The summed E-state index contributed by atoms with van der Waals surface area (Å²) in [6.07, 6.45) is 3.73. The number of benzene rings is 1. The van der Waals surface area contributed by atoms with Gasteiger partial charge in [-0.1, -0.05) is 12.1 Å². The number of guanidine groups is 1.